The SMILES string of the molecule is CCN(CC)CCOc1ccc(CN)c(Cl)c1. The molecule has 0 unspecified atom stereocenters. The molecule has 0 amide bonds. The van der Waals surface area contributed by atoms with Crippen molar-refractivity contribution in [2.75, 3.05) is 26.2 Å². The lowest BCUT2D eigenvalue weighted by atomic mass is 10.2. The van der Waals surface area contributed by atoms with Crippen LogP contribution in [-0.2, 0) is 6.54 Å². The highest BCUT2D eigenvalue weighted by molar-refractivity contribution is 6.31. The van der Waals surface area contributed by atoms with Crippen molar-refractivity contribution in [2.45, 2.75) is 20.4 Å². The van der Waals surface area contributed by atoms with Crippen LogP contribution in [0.3, 0.4) is 0 Å². The van der Waals surface area contributed by atoms with Crippen LogP contribution in [-0.4, -0.2) is 31.1 Å². The number of nitrogens with zero attached hydrogens (tertiary/aromatic N) is 1. The van der Waals surface area contributed by atoms with Crippen molar-refractivity contribution in [3.63, 3.8) is 0 Å². The molecule has 0 saturated heterocycles. The summed E-state index contributed by atoms with van der Waals surface area (Å²) in [7, 11) is 0. The van der Waals surface area contributed by atoms with Crippen molar-refractivity contribution >= 4 is 11.6 Å². The molecule has 4 heteroatoms. The molecule has 0 bridgehead atoms. The number of halogens is 1. The van der Waals surface area contributed by atoms with E-state index in [4.69, 9.17) is 22.1 Å². The molecule has 3 nitrogen and oxygen atoms in total. The van der Waals surface area contributed by atoms with Gasteiger partial charge in [0.15, 0.2) is 0 Å². The van der Waals surface area contributed by atoms with E-state index in [2.05, 4.69) is 18.7 Å². The molecule has 1 aromatic rings. The molecule has 0 spiro atoms. The highest BCUT2D eigenvalue weighted by Gasteiger charge is 2.02. The highest BCUT2D eigenvalue weighted by atomic mass is 35.5. The highest BCUT2D eigenvalue weighted by Crippen LogP contribution is 2.22. The lowest BCUT2D eigenvalue weighted by Crippen LogP contribution is -2.27. The Labute approximate surface area is 109 Å². The topological polar surface area (TPSA) is 38.5 Å². The van der Waals surface area contributed by atoms with Gasteiger partial charge in [0.25, 0.3) is 0 Å². The third kappa shape index (κ3) is 4.54. The molecule has 0 atom stereocenters. The third-order valence-electron chi connectivity index (χ3n) is 2.82. The molecule has 2 N–H and O–H groups in total. The average Bonchev–Trinajstić information content (AvgIpc) is 2.35. The number of hydrogen-bond acceptors (Lipinski definition) is 3. The van der Waals surface area contributed by atoms with E-state index in [0.29, 0.717) is 18.2 Å². The summed E-state index contributed by atoms with van der Waals surface area (Å²) in [5, 5.41) is 0.674. The van der Waals surface area contributed by atoms with Crippen molar-refractivity contribution in [3.8, 4) is 5.75 Å². The molecule has 1 aromatic carbocycles. The van der Waals surface area contributed by atoms with Gasteiger partial charge in [0.2, 0.25) is 0 Å². The summed E-state index contributed by atoms with van der Waals surface area (Å²) in [6.45, 7) is 8.47. The molecule has 0 aliphatic rings. The summed E-state index contributed by atoms with van der Waals surface area (Å²) >= 11 is 6.06. The molecule has 17 heavy (non-hydrogen) atoms. The molecule has 0 aliphatic carbocycles. The zero-order chi connectivity index (χ0) is 12.7. The van der Waals surface area contributed by atoms with Crippen molar-refractivity contribution in [3.05, 3.63) is 28.8 Å². The summed E-state index contributed by atoms with van der Waals surface area (Å²) < 4.78 is 5.65. The Balaban J connectivity index is 2.44. The second kappa shape index (κ2) is 7.54. The quantitative estimate of drug-likeness (QED) is 0.815. The van der Waals surface area contributed by atoms with Crippen LogP contribution in [0.1, 0.15) is 19.4 Å². The number of likely N-dealkylation sites (N-methyl/N-ethyl adjacent to an activating group) is 1. The maximum absolute atomic E-state index is 6.06. The molecule has 96 valence electrons. The van der Waals surface area contributed by atoms with Gasteiger partial charge in [-0.15, -0.1) is 0 Å². The maximum atomic E-state index is 6.06. The van der Waals surface area contributed by atoms with E-state index >= 15 is 0 Å². The van der Waals surface area contributed by atoms with Crippen molar-refractivity contribution < 1.29 is 4.74 Å². The van der Waals surface area contributed by atoms with Crippen LogP contribution in [0.4, 0.5) is 0 Å². The molecule has 1 rings (SSSR count). The maximum Gasteiger partial charge on any atom is 0.120 e. The second-order valence-electron chi connectivity index (χ2n) is 3.83. The van der Waals surface area contributed by atoms with Crippen LogP contribution in [0.25, 0.3) is 0 Å². The van der Waals surface area contributed by atoms with E-state index in [-0.39, 0.29) is 0 Å². The first kappa shape index (κ1) is 14.3. The van der Waals surface area contributed by atoms with E-state index in [1.807, 2.05) is 18.2 Å². The smallest absolute Gasteiger partial charge is 0.120 e. The summed E-state index contributed by atoms with van der Waals surface area (Å²) in [4.78, 5) is 2.32. The number of nitrogens with two attached hydrogens (primary N) is 1. The van der Waals surface area contributed by atoms with Gasteiger partial charge < -0.3 is 15.4 Å². The number of rotatable bonds is 7. The fourth-order valence-corrected chi connectivity index (χ4v) is 1.86. The first-order valence-corrected chi connectivity index (χ1v) is 6.42. The molecule has 0 saturated carbocycles. The Kier molecular flexibility index (Phi) is 6.34. The zero-order valence-electron chi connectivity index (χ0n) is 10.6. The van der Waals surface area contributed by atoms with Crippen molar-refractivity contribution in [1.82, 2.24) is 4.90 Å². The molecular weight excluding hydrogens is 236 g/mol. The van der Waals surface area contributed by atoms with E-state index in [0.717, 1.165) is 30.9 Å². The fourth-order valence-electron chi connectivity index (χ4n) is 1.62. The third-order valence-corrected chi connectivity index (χ3v) is 3.17. The Morgan fingerprint density at radius 1 is 1.29 bits per heavy atom. The van der Waals surface area contributed by atoms with Gasteiger partial charge in [0.05, 0.1) is 0 Å². The number of benzene rings is 1. The second-order valence-corrected chi connectivity index (χ2v) is 4.24. The summed E-state index contributed by atoms with van der Waals surface area (Å²) in [6.07, 6.45) is 0. The first-order chi connectivity index (χ1) is 8.21. The van der Waals surface area contributed by atoms with Gasteiger partial charge >= 0.3 is 0 Å². The molecular formula is C13H21ClN2O. The van der Waals surface area contributed by atoms with Crippen LogP contribution in [0.2, 0.25) is 5.02 Å². The molecule has 0 radical (unpaired) electrons. The largest absolute Gasteiger partial charge is 0.492 e. The van der Waals surface area contributed by atoms with Crippen LogP contribution in [0.5, 0.6) is 5.75 Å². The predicted molar refractivity (Wildman–Crippen MR) is 72.6 cm³/mol. The van der Waals surface area contributed by atoms with E-state index < -0.39 is 0 Å². The van der Waals surface area contributed by atoms with Crippen LogP contribution < -0.4 is 10.5 Å². The standard InChI is InChI=1S/C13H21ClN2O/c1-3-16(4-2)7-8-17-12-6-5-11(10-15)13(14)9-12/h5-6,9H,3-4,7-8,10,15H2,1-2H3. The number of hydrogen-bond donors (Lipinski definition) is 1. The predicted octanol–water partition coefficient (Wildman–Crippen LogP) is 2.52. The van der Waals surface area contributed by atoms with Gasteiger partial charge in [0.1, 0.15) is 12.4 Å². The van der Waals surface area contributed by atoms with Crippen LogP contribution in [0, 0.1) is 0 Å². The Morgan fingerprint density at radius 3 is 2.53 bits per heavy atom. The van der Waals surface area contributed by atoms with Crippen molar-refractivity contribution in [1.29, 1.82) is 0 Å². The summed E-state index contributed by atoms with van der Waals surface area (Å²) in [5.74, 6) is 0.805. The van der Waals surface area contributed by atoms with E-state index in [1.165, 1.54) is 0 Å². The first-order valence-electron chi connectivity index (χ1n) is 6.04. The van der Waals surface area contributed by atoms with Gasteiger partial charge in [-0.25, -0.2) is 0 Å². The molecule has 0 aliphatic heterocycles. The fraction of sp³-hybridized carbons (Fsp3) is 0.538. The number of ether oxygens (including phenoxy) is 1. The van der Waals surface area contributed by atoms with Gasteiger partial charge in [-0.2, -0.15) is 0 Å². The van der Waals surface area contributed by atoms with Gasteiger partial charge in [-0.05, 0) is 30.8 Å². The summed E-state index contributed by atoms with van der Waals surface area (Å²) in [5.41, 5.74) is 6.49. The van der Waals surface area contributed by atoms with E-state index in [9.17, 15) is 0 Å². The zero-order valence-corrected chi connectivity index (χ0v) is 11.3. The minimum atomic E-state index is 0.457. The van der Waals surface area contributed by atoms with Gasteiger partial charge in [-0.1, -0.05) is 31.5 Å². The molecule has 0 fully saturated rings. The van der Waals surface area contributed by atoms with Gasteiger partial charge in [-0.3, -0.25) is 0 Å². The van der Waals surface area contributed by atoms with Gasteiger partial charge in [0, 0.05) is 18.1 Å². The van der Waals surface area contributed by atoms with Crippen LogP contribution >= 0.6 is 11.6 Å². The Morgan fingerprint density at radius 2 is 2.00 bits per heavy atom. The van der Waals surface area contributed by atoms with Crippen LogP contribution in [0.15, 0.2) is 18.2 Å². The normalized spacial score (nSPS) is 10.9. The monoisotopic (exact) mass is 256 g/mol. The average molecular weight is 257 g/mol. The minimum Gasteiger partial charge on any atom is -0.492 e. The Hall–Kier alpha value is -0.770. The Bertz CT molecular complexity index is 340. The molecule has 0 aromatic heterocycles. The van der Waals surface area contributed by atoms with E-state index in [1.54, 1.807) is 0 Å². The molecule has 0 heterocycles. The lowest BCUT2D eigenvalue weighted by molar-refractivity contribution is 0.223. The summed E-state index contributed by atoms with van der Waals surface area (Å²) in [6, 6.07) is 5.65. The lowest BCUT2D eigenvalue weighted by Gasteiger charge is -2.18. The van der Waals surface area contributed by atoms with Crippen molar-refractivity contribution in [2.24, 2.45) is 5.73 Å². The minimum absolute atomic E-state index is 0.457.